The number of ether oxygens (including phenoxy) is 1. The Kier molecular flexibility index (Phi) is 6.92. The number of likely N-dealkylation sites (N-methyl/N-ethyl adjacent to an activating group) is 1. The first kappa shape index (κ1) is 16.7. The second-order valence-electron chi connectivity index (χ2n) is 4.05. The van der Waals surface area contributed by atoms with Crippen molar-refractivity contribution in [1.82, 2.24) is 9.88 Å². The highest BCUT2D eigenvalue weighted by Gasteiger charge is 2.20. The molecule has 0 unspecified atom stereocenters. The van der Waals surface area contributed by atoms with Gasteiger partial charge in [-0.15, -0.1) is 0 Å². The molecule has 1 amide bonds. The molecule has 2 N–H and O–H groups in total. The first-order valence-corrected chi connectivity index (χ1v) is 6.71. The number of hydrogen-bond acceptors (Lipinski definition) is 5. The maximum atomic E-state index is 12.5. The summed E-state index contributed by atoms with van der Waals surface area (Å²) in [7, 11) is 0. The Labute approximate surface area is 124 Å². The minimum atomic E-state index is -0.434. The van der Waals surface area contributed by atoms with E-state index in [9.17, 15) is 9.59 Å². The Hall–Kier alpha value is -2.39. The summed E-state index contributed by atoms with van der Waals surface area (Å²) in [5.41, 5.74) is 6.23. The van der Waals surface area contributed by atoms with Crippen molar-refractivity contribution in [2.45, 2.75) is 13.8 Å². The van der Waals surface area contributed by atoms with Gasteiger partial charge in [-0.1, -0.05) is 11.8 Å². The second kappa shape index (κ2) is 8.72. The lowest BCUT2D eigenvalue weighted by Gasteiger charge is -2.20. The van der Waals surface area contributed by atoms with E-state index < -0.39 is 5.97 Å². The van der Waals surface area contributed by atoms with Crippen molar-refractivity contribution in [2.75, 3.05) is 26.2 Å². The highest BCUT2D eigenvalue weighted by Crippen LogP contribution is 2.09. The maximum Gasteiger partial charge on any atom is 0.325 e. The predicted octanol–water partition coefficient (Wildman–Crippen LogP) is 0.417. The third-order valence-electron chi connectivity index (χ3n) is 2.67. The Bertz CT molecular complexity index is 561. The third kappa shape index (κ3) is 4.89. The van der Waals surface area contributed by atoms with Crippen molar-refractivity contribution >= 4 is 11.9 Å². The van der Waals surface area contributed by atoms with Crippen LogP contribution in [0.5, 0.6) is 0 Å². The lowest BCUT2D eigenvalue weighted by molar-refractivity contribution is -0.143. The molecule has 0 atom stereocenters. The standard InChI is InChI=1S/C15H19N3O3/c1-3-18(11-14(19)21-4-2)15(20)13-7-9-17-10-12(13)6-5-8-16/h7,9-10H,3-4,8,11,16H2,1-2H3. The topological polar surface area (TPSA) is 85.5 Å². The van der Waals surface area contributed by atoms with Crippen LogP contribution in [0.15, 0.2) is 18.5 Å². The summed E-state index contributed by atoms with van der Waals surface area (Å²) >= 11 is 0. The van der Waals surface area contributed by atoms with E-state index in [0.717, 1.165) is 0 Å². The molecule has 112 valence electrons. The van der Waals surface area contributed by atoms with E-state index >= 15 is 0 Å². The molecule has 0 fully saturated rings. The van der Waals surface area contributed by atoms with Gasteiger partial charge >= 0.3 is 5.97 Å². The molecule has 1 aromatic rings. The minimum Gasteiger partial charge on any atom is -0.465 e. The Balaban J connectivity index is 2.97. The number of rotatable bonds is 5. The number of esters is 1. The molecule has 0 saturated carbocycles. The lowest BCUT2D eigenvalue weighted by atomic mass is 10.1. The van der Waals surface area contributed by atoms with Crippen LogP contribution in [0.4, 0.5) is 0 Å². The van der Waals surface area contributed by atoms with Gasteiger partial charge in [-0.25, -0.2) is 0 Å². The fraction of sp³-hybridized carbons (Fsp3) is 0.400. The zero-order chi connectivity index (χ0) is 15.7. The van der Waals surface area contributed by atoms with Gasteiger partial charge in [0.1, 0.15) is 6.54 Å². The van der Waals surface area contributed by atoms with E-state index in [2.05, 4.69) is 16.8 Å². The molecule has 0 aliphatic carbocycles. The molecule has 1 heterocycles. The van der Waals surface area contributed by atoms with E-state index in [4.69, 9.17) is 10.5 Å². The summed E-state index contributed by atoms with van der Waals surface area (Å²) in [5, 5.41) is 0. The molecule has 0 aliphatic rings. The van der Waals surface area contributed by atoms with Crippen LogP contribution in [0.25, 0.3) is 0 Å². The molecule has 21 heavy (non-hydrogen) atoms. The van der Waals surface area contributed by atoms with Crippen LogP contribution in [0.1, 0.15) is 29.8 Å². The molecule has 0 spiro atoms. The van der Waals surface area contributed by atoms with Gasteiger partial charge in [0.2, 0.25) is 0 Å². The highest BCUT2D eigenvalue weighted by molar-refractivity contribution is 5.98. The normalized spacial score (nSPS) is 9.48. The summed E-state index contributed by atoms with van der Waals surface area (Å²) in [6.07, 6.45) is 3.02. The van der Waals surface area contributed by atoms with Gasteiger partial charge in [-0.2, -0.15) is 0 Å². The SMILES string of the molecule is CCOC(=O)CN(CC)C(=O)c1ccncc1C#CCN. The van der Waals surface area contributed by atoms with Crippen LogP contribution in [0.3, 0.4) is 0 Å². The van der Waals surface area contributed by atoms with E-state index in [1.54, 1.807) is 19.9 Å². The van der Waals surface area contributed by atoms with Gasteiger partial charge in [0.25, 0.3) is 5.91 Å². The molecular formula is C15H19N3O3. The van der Waals surface area contributed by atoms with Crippen LogP contribution >= 0.6 is 0 Å². The zero-order valence-corrected chi connectivity index (χ0v) is 12.3. The Morgan fingerprint density at radius 1 is 1.43 bits per heavy atom. The molecule has 0 radical (unpaired) electrons. The minimum absolute atomic E-state index is 0.0880. The van der Waals surface area contributed by atoms with Gasteiger partial charge in [-0.05, 0) is 19.9 Å². The summed E-state index contributed by atoms with van der Waals surface area (Å²) in [6.45, 7) is 4.30. The summed E-state index contributed by atoms with van der Waals surface area (Å²) in [6, 6.07) is 1.58. The Morgan fingerprint density at radius 2 is 2.19 bits per heavy atom. The molecule has 6 nitrogen and oxygen atoms in total. The number of nitrogens with zero attached hydrogens (tertiary/aromatic N) is 2. The van der Waals surface area contributed by atoms with Crippen molar-refractivity contribution in [3.05, 3.63) is 29.6 Å². The van der Waals surface area contributed by atoms with Gasteiger partial charge in [0.05, 0.1) is 24.3 Å². The van der Waals surface area contributed by atoms with Gasteiger partial charge in [-0.3, -0.25) is 14.6 Å². The number of carbonyl (C=O) groups is 2. The fourth-order valence-corrected chi connectivity index (χ4v) is 1.69. The van der Waals surface area contributed by atoms with Crippen molar-refractivity contribution in [3.8, 4) is 11.8 Å². The quantitative estimate of drug-likeness (QED) is 0.627. The number of pyridine rings is 1. The van der Waals surface area contributed by atoms with Crippen LogP contribution in [0, 0.1) is 11.8 Å². The molecule has 0 aromatic carbocycles. The molecule has 1 aromatic heterocycles. The average molecular weight is 289 g/mol. The Morgan fingerprint density at radius 3 is 2.81 bits per heavy atom. The van der Waals surface area contributed by atoms with Gasteiger partial charge < -0.3 is 15.4 Å². The lowest BCUT2D eigenvalue weighted by Crippen LogP contribution is -2.36. The second-order valence-corrected chi connectivity index (χ2v) is 4.05. The average Bonchev–Trinajstić information content (AvgIpc) is 2.50. The number of carbonyl (C=O) groups excluding carboxylic acids is 2. The van der Waals surface area contributed by atoms with Crippen molar-refractivity contribution < 1.29 is 14.3 Å². The summed E-state index contributed by atoms with van der Waals surface area (Å²) in [4.78, 5) is 29.4. The summed E-state index contributed by atoms with van der Waals surface area (Å²) < 4.78 is 4.87. The molecule has 0 bridgehead atoms. The van der Waals surface area contributed by atoms with Crippen LogP contribution in [-0.2, 0) is 9.53 Å². The molecule has 6 heteroatoms. The molecule has 0 saturated heterocycles. The molecular weight excluding hydrogens is 270 g/mol. The van der Waals surface area contributed by atoms with E-state index in [1.807, 2.05) is 0 Å². The largest absolute Gasteiger partial charge is 0.465 e. The van der Waals surface area contributed by atoms with Crippen LogP contribution in [-0.4, -0.2) is 48.0 Å². The van der Waals surface area contributed by atoms with Gasteiger partial charge in [0.15, 0.2) is 0 Å². The monoisotopic (exact) mass is 289 g/mol. The third-order valence-corrected chi connectivity index (χ3v) is 2.67. The summed E-state index contributed by atoms with van der Waals surface area (Å²) in [5.74, 6) is 4.79. The zero-order valence-electron chi connectivity index (χ0n) is 12.3. The van der Waals surface area contributed by atoms with Gasteiger partial charge in [0, 0.05) is 18.9 Å². The predicted molar refractivity (Wildman–Crippen MR) is 78.4 cm³/mol. The number of nitrogens with two attached hydrogens (primary N) is 1. The van der Waals surface area contributed by atoms with Crippen LogP contribution < -0.4 is 5.73 Å². The van der Waals surface area contributed by atoms with E-state index in [1.165, 1.54) is 17.3 Å². The fourth-order valence-electron chi connectivity index (χ4n) is 1.69. The first-order valence-electron chi connectivity index (χ1n) is 6.71. The van der Waals surface area contributed by atoms with Crippen molar-refractivity contribution in [1.29, 1.82) is 0 Å². The number of aromatic nitrogens is 1. The maximum absolute atomic E-state index is 12.5. The van der Waals surface area contributed by atoms with E-state index in [-0.39, 0.29) is 25.6 Å². The van der Waals surface area contributed by atoms with Crippen molar-refractivity contribution in [3.63, 3.8) is 0 Å². The number of amides is 1. The molecule has 1 rings (SSSR count). The van der Waals surface area contributed by atoms with Crippen LogP contribution in [0.2, 0.25) is 0 Å². The smallest absolute Gasteiger partial charge is 0.325 e. The van der Waals surface area contributed by atoms with Crippen molar-refractivity contribution in [2.24, 2.45) is 5.73 Å². The molecule has 0 aliphatic heterocycles. The first-order chi connectivity index (χ1) is 10.1. The number of hydrogen-bond donors (Lipinski definition) is 1. The van der Waals surface area contributed by atoms with E-state index in [0.29, 0.717) is 17.7 Å². The highest BCUT2D eigenvalue weighted by atomic mass is 16.5.